The Kier molecular flexibility index (Phi) is 4.55. The van der Waals surface area contributed by atoms with E-state index in [1.54, 1.807) is 13.8 Å². The van der Waals surface area contributed by atoms with Crippen LogP contribution < -0.4 is 9.62 Å². The van der Waals surface area contributed by atoms with Crippen molar-refractivity contribution in [2.24, 2.45) is 0 Å². The second-order valence-corrected chi connectivity index (χ2v) is 7.87. The second kappa shape index (κ2) is 6.51. The molecule has 0 fully saturated rings. The van der Waals surface area contributed by atoms with Gasteiger partial charge in [-0.25, -0.2) is 8.42 Å². The van der Waals surface area contributed by atoms with Gasteiger partial charge < -0.3 is 5.32 Å². The summed E-state index contributed by atoms with van der Waals surface area (Å²) in [6.45, 7) is 6.13. The summed E-state index contributed by atoms with van der Waals surface area (Å²) in [5.74, 6) is -0.191. The number of para-hydroxylation sites is 1. The van der Waals surface area contributed by atoms with Gasteiger partial charge in [0.1, 0.15) is 11.4 Å². The zero-order valence-electron chi connectivity index (χ0n) is 14.6. The standard InChI is InChI=1S/C17H22N4O3S/c1-4-18-16(22)11-20-13(3)17(12(2)19-20)25(23,24)21-10-9-14-7-5-6-8-15(14)21/h5-8H,4,9-11H2,1-3H3,(H,18,22). The summed E-state index contributed by atoms with van der Waals surface area (Å²) >= 11 is 0. The first kappa shape index (κ1) is 17.5. The summed E-state index contributed by atoms with van der Waals surface area (Å²) in [6.07, 6.45) is 0.695. The van der Waals surface area contributed by atoms with Gasteiger partial charge >= 0.3 is 0 Å². The fourth-order valence-corrected chi connectivity index (χ4v) is 5.15. The summed E-state index contributed by atoms with van der Waals surface area (Å²) in [7, 11) is -3.72. The number of hydrogen-bond acceptors (Lipinski definition) is 4. The summed E-state index contributed by atoms with van der Waals surface area (Å²) in [5.41, 5.74) is 2.63. The molecule has 1 amide bonds. The first-order chi connectivity index (χ1) is 11.9. The van der Waals surface area contributed by atoms with Crippen molar-refractivity contribution in [3.8, 4) is 0 Å². The highest BCUT2D eigenvalue weighted by atomic mass is 32.2. The number of rotatable bonds is 5. The number of benzene rings is 1. The maximum atomic E-state index is 13.2. The highest BCUT2D eigenvalue weighted by Gasteiger charge is 2.35. The molecule has 0 atom stereocenters. The Labute approximate surface area is 147 Å². The quantitative estimate of drug-likeness (QED) is 0.871. The molecular formula is C17H22N4O3S. The lowest BCUT2D eigenvalue weighted by Crippen LogP contribution is -2.30. The molecule has 25 heavy (non-hydrogen) atoms. The van der Waals surface area contributed by atoms with E-state index in [0.717, 1.165) is 11.3 Å². The number of aromatic nitrogens is 2. The van der Waals surface area contributed by atoms with Crippen LogP contribution in [0.2, 0.25) is 0 Å². The Morgan fingerprint density at radius 1 is 1.28 bits per heavy atom. The minimum atomic E-state index is -3.72. The van der Waals surface area contributed by atoms with E-state index in [0.29, 0.717) is 30.9 Å². The number of sulfonamides is 1. The topological polar surface area (TPSA) is 84.3 Å². The number of carbonyl (C=O) groups excluding carboxylic acids is 1. The Morgan fingerprint density at radius 2 is 2.00 bits per heavy atom. The first-order valence-corrected chi connectivity index (χ1v) is 9.71. The minimum absolute atomic E-state index is 0.00657. The summed E-state index contributed by atoms with van der Waals surface area (Å²) in [5, 5.41) is 6.97. The maximum absolute atomic E-state index is 13.2. The van der Waals surface area contributed by atoms with Crippen LogP contribution in [0.5, 0.6) is 0 Å². The van der Waals surface area contributed by atoms with Crippen LogP contribution in [-0.4, -0.2) is 37.2 Å². The molecule has 1 aliphatic rings. The normalized spacial score (nSPS) is 13.8. The third-order valence-electron chi connectivity index (χ3n) is 4.38. The fraction of sp³-hybridized carbons (Fsp3) is 0.412. The molecule has 0 spiro atoms. The van der Waals surface area contributed by atoms with Crippen LogP contribution in [0, 0.1) is 13.8 Å². The number of likely N-dealkylation sites (N-methyl/N-ethyl adjacent to an activating group) is 1. The van der Waals surface area contributed by atoms with Crippen LogP contribution in [-0.2, 0) is 27.8 Å². The first-order valence-electron chi connectivity index (χ1n) is 8.27. The third-order valence-corrected chi connectivity index (χ3v) is 6.44. The van der Waals surface area contributed by atoms with Gasteiger partial charge in [0.15, 0.2) is 0 Å². The molecule has 0 saturated heterocycles. The molecule has 1 N–H and O–H groups in total. The van der Waals surface area contributed by atoms with Gasteiger partial charge in [0.05, 0.1) is 17.1 Å². The largest absolute Gasteiger partial charge is 0.355 e. The molecule has 0 aliphatic carbocycles. The Hall–Kier alpha value is -2.35. The van der Waals surface area contributed by atoms with E-state index >= 15 is 0 Å². The molecule has 8 heteroatoms. The Bertz CT molecular complexity index is 918. The zero-order valence-corrected chi connectivity index (χ0v) is 15.4. The van der Waals surface area contributed by atoms with Gasteiger partial charge in [-0.15, -0.1) is 0 Å². The number of hydrogen-bond donors (Lipinski definition) is 1. The third kappa shape index (κ3) is 3.02. The summed E-state index contributed by atoms with van der Waals surface area (Å²) in [4.78, 5) is 12.0. The van der Waals surface area contributed by atoms with E-state index in [4.69, 9.17) is 0 Å². The molecule has 0 radical (unpaired) electrons. The SMILES string of the molecule is CCNC(=O)Cn1nc(C)c(S(=O)(=O)N2CCc3ccccc32)c1C. The van der Waals surface area contributed by atoms with Crippen molar-refractivity contribution >= 4 is 21.6 Å². The smallest absolute Gasteiger partial charge is 0.268 e. The highest BCUT2D eigenvalue weighted by molar-refractivity contribution is 7.93. The molecular weight excluding hydrogens is 340 g/mol. The van der Waals surface area contributed by atoms with Crippen LogP contribution in [0.1, 0.15) is 23.9 Å². The van der Waals surface area contributed by atoms with Crippen molar-refractivity contribution < 1.29 is 13.2 Å². The predicted molar refractivity (Wildman–Crippen MR) is 95.1 cm³/mol. The fourth-order valence-electron chi connectivity index (χ4n) is 3.26. The van der Waals surface area contributed by atoms with E-state index < -0.39 is 10.0 Å². The van der Waals surface area contributed by atoms with Crippen molar-refractivity contribution in [3.05, 3.63) is 41.2 Å². The van der Waals surface area contributed by atoms with Crippen molar-refractivity contribution in [1.29, 1.82) is 0 Å². The molecule has 2 heterocycles. The second-order valence-electron chi connectivity index (χ2n) is 6.07. The van der Waals surface area contributed by atoms with Crippen LogP contribution in [0.4, 0.5) is 5.69 Å². The molecule has 1 aliphatic heterocycles. The van der Waals surface area contributed by atoms with Gasteiger partial charge in [-0.2, -0.15) is 5.10 Å². The molecule has 0 bridgehead atoms. The molecule has 1 aromatic heterocycles. The molecule has 2 aromatic rings. The van der Waals surface area contributed by atoms with Crippen LogP contribution in [0.15, 0.2) is 29.2 Å². The molecule has 1 aromatic carbocycles. The number of aryl methyl sites for hydroxylation is 1. The number of nitrogens with one attached hydrogen (secondary N) is 1. The predicted octanol–water partition coefficient (Wildman–Crippen LogP) is 1.39. The van der Waals surface area contributed by atoms with E-state index in [9.17, 15) is 13.2 Å². The van der Waals surface area contributed by atoms with Crippen molar-refractivity contribution in [1.82, 2.24) is 15.1 Å². The number of amides is 1. The molecule has 134 valence electrons. The summed E-state index contributed by atoms with van der Waals surface area (Å²) < 4.78 is 29.4. The molecule has 3 rings (SSSR count). The lowest BCUT2D eigenvalue weighted by molar-refractivity contribution is -0.121. The molecule has 0 unspecified atom stereocenters. The van der Waals surface area contributed by atoms with Gasteiger partial charge in [-0.3, -0.25) is 13.8 Å². The van der Waals surface area contributed by atoms with Gasteiger partial charge in [0.25, 0.3) is 10.0 Å². The number of fused-ring (bicyclic) bond motifs is 1. The van der Waals surface area contributed by atoms with Crippen molar-refractivity contribution in [2.45, 2.75) is 38.6 Å². The van der Waals surface area contributed by atoms with Gasteiger partial charge in [-0.05, 0) is 38.8 Å². The molecule has 0 saturated carbocycles. The lowest BCUT2D eigenvalue weighted by Gasteiger charge is -2.19. The lowest BCUT2D eigenvalue weighted by atomic mass is 10.2. The van der Waals surface area contributed by atoms with Gasteiger partial charge in [0.2, 0.25) is 5.91 Å². The number of anilines is 1. The number of carbonyl (C=O) groups is 1. The Morgan fingerprint density at radius 3 is 2.72 bits per heavy atom. The van der Waals surface area contributed by atoms with Crippen LogP contribution in [0.25, 0.3) is 0 Å². The average Bonchev–Trinajstić information content (AvgIpc) is 3.10. The van der Waals surface area contributed by atoms with E-state index in [1.807, 2.05) is 31.2 Å². The van der Waals surface area contributed by atoms with Gasteiger partial charge in [0, 0.05) is 13.1 Å². The summed E-state index contributed by atoms with van der Waals surface area (Å²) in [6, 6.07) is 7.52. The van der Waals surface area contributed by atoms with Gasteiger partial charge in [-0.1, -0.05) is 18.2 Å². The minimum Gasteiger partial charge on any atom is -0.355 e. The Balaban J connectivity index is 1.99. The highest BCUT2D eigenvalue weighted by Crippen LogP contribution is 2.34. The van der Waals surface area contributed by atoms with Crippen molar-refractivity contribution in [3.63, 3.8) is 0 Å². The zero-order chi connectivity index (χ0) is 18.2. The monoisotopic (exact) mass is 362 g/mol. The maximum Gasteiger partial charge on any atom is 0.268 e. The average molecular weight is 362 g/mol. The van der Waals surface area contributed by atoms with E-state index in [2.05, 4.69) is 10.4 Å². The number of nitrogens with zero attached hydrogens (tertiary/aromatic N) is 3. The van der Waals surface area contributed by atoms with Crippen LogP contribution >= 0.6 is 0 Å². The molecule has 7 nitrogen and oxygen atoms in total. The van der Waals surface area contributed by atoms with Crippen LogP contribution in [0.3, 0.4) is 0 Å². The van der Waals surface area contributed by atoms with E-state index in [-0.39, 0.29) is 17.3 Å². The van der Waals surface area contributed by atoms with E-state index in [1.165, 1.54) is 8.99 Å². The van der Waals surface area contributed by atoms with Crippen molar-refractivity contribution in [2.75, 3.05) is 17.4 Å².